The first-order valence-corrected chi connectivity index (χ1v) is 9.90. The number of guanidine groups is 1. The van der Waals surface area contributed by atoms with E-state index in [-0.39, 0.29) is 11.9 Å². The fourth-order valence-electron chi connectivity index (χ4n) is 3.32. The van der Waals surface area contributed by atoms with Gasteiger partial charge in [0.15, 0.2) is 17.5 Å². The van der Waals surface area contributed by atoms with Crippen molar-refractivity contribution in [3.05, 3.63) is 23.8 Å². The molecule has 7 heteroatoms. The molecule has 1 amide bonds. The average molecular weight is 374 g/mol. The summed E-state index contributed by atoms with van der Waals surface area (Å²) in [6.07, 6.45) is 2.40. The normalized spacial score (nSPS) is 19.6. The van der Waals surface area contributed by atoms with Crippen LogP contribution < -0.4 is 20.1 Å². The Hall–Kier alpha value is -2.44. The van der Waals surface area contributed by atoms with E-state index in [2.05, 4.69) is 10.6 Å². The highest BCUT2D eigenvalue weighted by atomic mass is 16.5. The van der Waals surface area contributed by atoms with Gasteiger partial charge in [0, 0.05) is 38.5 Å². The maximum absolute atomic E-state index is 11.9. The SMILES string of the molecule is CCNC(=NCc1ccc2c(c1)OCCCO2)NC1CCN(C(=O)CC)C1. The first-order valence-electron chi connectivity index (χ1n) is 9.90. The molecule has 2 aliphatic rings. The Morgan fingerprint density at radius 1 is 1.26 bits per heavy atom. The molecule has 1 fully saturated rings. The van der Waals surface area contributed by atoms with Crippen molar-refractivity contribution in [2.45, 2.75) is 45.7 Å². The minimum Gasteiger partial charge on any atom is -0.490 e. The van der Waals surface area contributed by atoms with E-state index in [1.807, 2.05) is 36.9 Å². The fourth-order valence-corrected chi connectivity index (χ4v) is 3.32. The van der Waals surface area contributed by atoms with Crippen LogP contribution in [0.2, 0.25) is 0 Å². The standard InChI is InChI=1S/C20H30N4O3/c1-3-19(25)24-9-8-16(14-24)23-20(21-4-2)22-13-15-6-7-17-18(12-15)27-11-5-10-26-17/h6-7,12,16H,3-5,8-11,13-14H2,1-2H3,(H2,21,22,23). The number of hydrogen-bond acceptors (Lipinski definition) is 4. The van der Waals surface area contributed by atoms with E-state index in [0.717, 1.165) is 55.5 Å². The van der Waals surface area contributed by atoms with Crippen molar-refractivity contribution in [3.8, 4) is 11.5 Å². The van der Waals surface area contributed by atoms with Gasteiger partial charge in [0.1, 0.15) is 0 Å². The van der Waals surface area contributed by atoms with Crippen LogP contribution in [0.3, 0.4) is 0 Å². The van der Waals surface area contributed by atoms with Crippen molar-refractivity contribution in [2.24, 2.45) is 4.99 Å². The highest BCUT2D eigenvalue weighted by molar-refractivity contribution is 5.80. The molecule has 1 aromatic rings. The van der Waals surface area contributed by atoms with Crippen LogP contribution in [0.5, 0.6) is 11.5 Å². The first kappa shape index (κ1) is 19.3. The number of ether oxygens (including phenoxy) is 2. The number of rotatable bonds is 5. The number of carbonyl (C=O) groups excluding carboxylic acids is 1. The second-order valence-electron chi connectivity index (χ2n) is 6.85. The minimum atomic E-state index is 0.216. The summed E-state index contributed by atoms with van der Waals surface area (Å²) in [5.41, 5.74) is 1.07. The summed E-state index contributed by atoms with van der Waals surface area (Å²) in [6, 6.07) is 6.22. The molecular weight excluding hydrogens is 344 g/mol. The number of carbonyl (C=O) groups is 1. The Labute approximate surface area is 161 Å². The predicted octanol–water partition coefficient (Wildman–Crippen LogP) is 1.91. The number of benzene rings is 1. The predicted molar refractivity (Wildman–Crippen MR) is 105 cm³/mol. The van der Waals surface area contributed by atoms with Crippen LogP contribution in [0.25, 0.3) is 0 Å². The third kappa shape index (κ3) is 5.28. The van der Waals surface area contributed by atoms with E-state index in [1.165, 1.54) is 0 Å². The number of amides is 1. The van der Waals surface area contributed by atoms with E-state index < -0.39 is 0 Å². The molecule has 1 unspecified atom stereocenters. The molecule has 2 heterocycles. The average Bonchev–Trinajstić information content (AvgIpc) is 3.02. The Balaban J connectivity index is 1.61. The Bertz CT molecular complexity index is 677. The van der Waals surface area contributed by atoms with Gasteiger partial charge < -0.3 is 25.0 Å². The number of hydrogen-bond donors (Lipinski definition) is 2. The number of nitrogens with one attached hydrogen (secondary N) is 2. The Kier molecular flexibility index (Phi) is 6.79. The van der Waals surface area contributed by atoms with E-state index in [0.29, 0.717) is 26.2 Å². The van der Waals surface area contributed by atoms with Gasteiger partial charge in [0.25, 0.3) is 0 Å². The molecule has 148 valence electrons. The zero-order valence-electron chi connectivity index (χ0n) is 16.3. The summed E-state index contributed by atoms with van der Waals surface area (Å²) in [5, 5.41) is 6.75. The quantitative estimate of drug-likeness (QED) is 0.608. The summed E-state index contributed by atoms with van der Waals surface area (Å²) in [5.74, 6) is 2.59. The van der Waals surface area contributed by atoms with E-state index in [9.17, 15) is 4.79 Å². The molecule has 1 atom stereocenters. The van der Waals surface area contributed by atoms with Crippen molar-refractivity contribution < 1.29 is 14.3 Å². The van der Waals surface area contributed by atoms with Gasteiger partial charge in [-0.25, -0.2) is 4.99 Å². The van der Waals surface area contributed by atoms with Gasteiger partial charge in [0.2, 0.25) is 5.91 Å². The van der Waals surface area contributed by atoms with Crippen molar-refractivity contribution in [1.29, 1.82) is 0 Å². The molecule has 2 N–H and O–H groups in total. The third-order valence-corrected chi connectivity index (χ3v) is 4.76. The third-order valence-electron chi connectivity index (χ3n) is 4.76. The summed E-state index contributed by atoms with van der Waals surface area (Å²) >= 11 is 0. The lowest BCUT2D eigenvalue weighted by molar-refractivity contribution is -0.129. The van der Waals surface area contributed by atoms with Crippen molar-refractivity contribution in [3.63, 3.8) is 0 Å². The second-order valence-corrected chi connectivity index (χ2v) is 6.85. The molecule has 7 nitrogen and oxygen atoms in total. The van der Waals surface area contributed by atoms with Gasteiger partial charge in [-0.3, -0.25) is 4.79 Å². The number of nitrogens with zero attached hydrogens (tertiary/aromatic N) is 2. The van der Waals surface area contributed by atoms with Gasteiger partial charge in [-0.15, -0.1) is 0 Å². The zero-order valence-corrected chi connectivity index (χ0v) is 16.3. The van der Waals surface area contributed by atoms with Crippen LogP contribution in [0.15, 0.2) is 23.2 Å². The number of aliphatic imine (C=N–C) groups is 1. The van der Waals surface area contributed by atoms with Crippen LogP contribution in [0.4, 0.5) is 0 Å². The molecule has 0 bridgehead atoms. The second kappa shape index (κ2) is 9.48. The number of likely N-dealkylation sites (tertiary alicyclic amines) is 1. The summed E-state index contributed by atoms with van der Waals surface area (Å²) in [4.78, 5) is 18.5. The molecule has 3 rings (SSSR count). The van der Waals surface area contributed by atoms with E-state index in [1.54, 1.807) is 0 Å². The number of fused-ring (bicyclic) bond motifs is 1. The Morgan fingerprint density at radius 3 is 2.85 bits per heavy atom. The summed E-state index contributed by atoms with van der Waals surface area (Å²) in [7, 11) is 0. The van der Waals surface area contributed by atoms with Crippen LogP contribution in [-0.4, -0.2) is 55.7 Å². The highest BCUT2D eigenvalue weighted by Gasteiger charge is 2.25. The largest absolute Gasteiger partial charge is 0.490 e. The maximum atomic E-state index is 11.9. The minimum absolute atomic E-state index is 0.216. The molecule has 0 radical (unpaired) electrons. The smallest absolute Gasteiger partial charge is 0.222 e. The fraction of sp³-hybridized carbons (Fsp3) is 0.600. The van der Waals surface area contributed by atoms with Crippen LogP contribution in [-0.2, 0) is 11.3 Å². The van der Waals surface area contributed by atoms with Crippen LogP contribution >= 0.6 is 0 Å². The van der Waals surface area contributed by atoms with Crippen molar-refractivity contribution in [1.82, 2.24) is 15.5 Å². The molecule has 27 heavy (non-hydrogen) atoms. The molecular formula is C20H30N4O3. The van der Waals surface area contributed by atoms with Gasteiger partial charge >= 0.3 is 0 Å². The van der Waals surface area contributed by atoms with Crippen molar-refractivity contribution >= 4 is 11.9 Å². The van der Waals surface area contributed by atoms with Crippen LogP contribution in [0.1, 0.15) is 38.7 Å². The van der Waals surface area contributed by atoms with E-state index >= 15 is 0 Å². The molecule has 0 spiro atoms. The zero-order chi connectivity index (χ0) is 19.1. The summed E-state index contributed by atoms with van der Waals surface area (Å²) < 4.78 is 11.4. The lowest BCUT2D eigenvalue weighted by Crippen LogP contribution is -2.45. The lowest BCUT2D eigenvalue weighted by atomic mass is 10.2. The molecule has 0 aromatic heterocycles. The van der Waals surface area contributed by atoms with Gasteiger partial charge in [-0.2, -0.15) is 0 Å². The van der Waals surface area contributed by atoms with Gasteiger partial charge in [0.05, 0.1) is 19.8 Å². The molecule has 0 saturated carbocycles. The Morgan fingerprint density at radius 2 is 2.07 bits per heavy atom. The van der Waals surface area contributed by atoms with E-state index in [4.69, 9.17) is 14.5 Å². The van der Waals surface area contributed by atoms with Gasteiger partial charge in [-0.05, 0) is 31.0 Å². The topological polar surface area (TPSA) is 75.2 Å². The molecule has 0 aliphatic carbocycles. The molecule has 2 aliphatic heterocycles. The molecule has 1 aromatic carbocycles. The van der Waals surface area contributed by atoms with Gasteiger partial charge in [-0.1, -0.05) is 13.0 Å². The van der Waals surface area contributed by atoms with Crippen LogP contribution in [0, 0.1) is 0 Å². The van der Waals surface area contributed by atoms with Crippen molar-refractivity contribution in [2.75, 3.05) is 32.8 Å². The first-order chi connectivity index (χ1) is 13.2. The maximum Gasteiger partial charge on any atom is 0.222 e. The summed E-state index contributed by atoms with van der Waals surface area (Å²) in [6.45, 7) is 8.22. The highest BCUT2D eigenvalue weighted by Crippen LogP contribution is 2.30. The molecule has 1 saturated heterocycles. The monoisotopic (exact) mass is 374 g/mol. The lowest BCUT2D eigenvalue weighted by Gasteiger charge is -2.18.